The molecule has 23 heavy (non-hydrogen) atoms. The van der Waals surface area contributed by atoms with Crippen molar-refractivity contribution in [2.45, 2.75) is 70.6 Å². The number of benzene rings is 1. The van der Waals surface area contributed by atoms with Crippen LogP contribution in [0.4, 0.5) is 8.78 Å². The van der Waals surface area contributed by atoms with Crippen LogP contribution in [-0.4, -0.2) is 18.1 Å². The molecule has 0 bridgehead atoms. The van der Waals surface area contributed by atoms with E-state index in [0.29, 0.717) is 24.3 Å². The summed E-state index contributed by atoms with van der Waals surface area (Å²) in [6.45, 7) is 2.16. The van der Waals surface area contributed by atoms with Crippen molar-refractivity contribution in [1.82, 2.24) is 0 Å². The van der Waals surface area contributed by atoms with Crippen LogP contribution in [0.2, 0.25) is 0 Å². The van der Waals surface area contributed by atoms with Gasteiger partial charge in [0.05, 0.1) is 0 Å². The second-order valence-electron chi connectivity index (χ2n) is 6.87. The summed E-state index contributed by atoms with van der Waals surface area (Å²) >= 11 is 0. The number of rotatable bonds is 8. The molecule has 0 amide bonds. The molecule has 0 aliphatic heterocycles. The van der Waals surface area contributed by atoms with Gasteiger partial charge in [0, 0.05) is 5.56 Å². The molecule has 128 valence electrons. The highest BCUT2D eigenvalue weighted by molar-refractivity contribution is 5.99. The fourth-order valence-electron chi connectivity index (χ4n) is 3.61. The Morgan fingerprint density at radius 2 is 1.96 bits per heavy atom. The molecular formula is C20H28F2O. The molecule has 1 aliphatic carbocycles. The van der Waals surface area contributed by atoms with Gasteiger partial charge in [-0.15, -0.1) is 0 Å². The van der Waals surface area contributed by atoms with Gasteiger partial charge in [0.15, 0.2) is 12.0 Å². The predicted molar refractivity (Wildman–Crippen MR) is 90.2 cm³/mol. The molecule has 0 aromatic heterocycles. The first-order valence-corrected chi connectivity index (χ1v) is 8.99. The fraction of sp³-hybridized carbons (Fsp3) is 0.650. The number of Topliss-reactive ketones (excluding diaryl/α,β-unsaturated/α-hetero) is 1. The molecule has 1 aromatic rings. The van der Waals surface area contributed by atoms with Crippen molar-refractivity contribution in [2.24, 2.45) is 11.8 Å². The quantitative estimate of drug-likeness (QED) is 0.542. The minimum absolute atomic E-state index is 0.0744. The smallest absolute Gasteiger partial charge is 0.196 e. The predicted octanol–water partition coefficient (Wildman–Crippen LogP) is 5.93. The Labute approximate surface area is 138 Å². The maximum absolute atomic E-state index is 14.3. The fourth-order valence-corrected chi connectivity index (χ4v) is 3.61. The third kappa shape index (κ3) is 5.40. The summed E-state index contributed by atoms with van der Waals surface area (Å²) in [5, 5.41) is 0. The molecule has 1 aliphatic rings. The van der Waals surface area contributed by atoms with Crippen molar-refractivity contribution in [2.75, 3.05) is 0 Å². The van der Waals surface area contributed by atoms with Crippen molar-refractivity contribution < 1.29 is 13.6 Å². The first kappa shape index (κ1) is 18.1. The van der Waals surface area contributed by atoms with E-state index in [1.165, 1.54) is 6.42 Å². The summed E-state index contributed by atoms with van der Waals surface area (Å²) in [5.74, 6) is -0.0549. The molecule has 0 saturated heterocycles. The van der Waals surface area contributed by atoms with Gasteiger partial charge in [0.25, 0.3) is 0 Å². The lowest BCUT2D eigenvalue weighted by atomic mass is 9.76. The van der Waals surface area contributed by atoms with Gasteiger partial charge in [-0.05, 0) is 43.9 Å². The standard InChI is InChI=1S/C20H28F2O/c1-2-3-7-15-10-11-16(19(22)14-15)12-13-18(21)20(23)17-8-5-4-6-9-17/h4-6,8-9,15-16,18-19H,2-3,7,10-14H2,1H3/t15-,16+,18?,19?/m0/s1. The number of hydrogen-bond acceptors (Lipinski definition) is 1. The SMILES string of the molecule is CCCC[C@H]1CC[C@H](CCC(F)C(=O)c2ccccc2)C(F)C1. The van der Waals surface area contributed by atoms with E-state index in [1.54, 1.807) is 30.3 Å². The van der Waals surface area contributed by atoms with E-state index in [0.717, 1.165) is 25.7 Å². The molecular weight excluding hydrogens is 294 g/mol. The Kier molecular flexibility index (Phi) is 7.19. The van der Waals surface area contributed by atoms with Crippen LogP contribution in [0.25, 0.3) is 0 Å². The van der Waals surface area contributed by atoms with E-state index in [-0.39, 0.29) is 12.3 Å². The Morgan fingerprint density at radius 1 is 1.22 bits per heavy atom. The number of hydrogen-bond donors (Lipinski definition) is 0. The lowest BCUT2D eigenvalue weighted by Gasteiger charge is -2.32. The zero-order chi connectivity index (χ0) is 16.7. The van der Waals surface area contributed by atoms with E-state index in [4.69, 9.17) is 0 Å². The van der Waals surface area contributed by atoms with E-state index in [9.17, 15) is 13.6 Å². The van der Waals surface area contributed by atoms with Gasteiger partial charge in [0.2, 0.25) is 0 Å². The molecule has 0 N–H and O–H groups in total. The average Bonchev–Trinajstić information content (AvgIpc) is 2.59. The van der Waals surface area contributed by atoms with Crippen molar-refractivity contribution in [3.63, 3.8) is 0 Å². The van der Waals surface area contributed by atoms with E-state index >= 15 is 0 Å². The number of unbranched alkanes of at least 4 members (excludes halogenated alkanes) is 1. The van der Waals surface area contributed by atoms with Gasteiger partial charge >= 0.3 is 0 Å². The van der Waals surface area contributed by atoms with E-state index in [2.05, 4.69) is 6.92 Å². The van der Waals surface area contributed by atoms with Gasteiger partial charge in [-0.1, -0.05) is 56.5 Å². The zero-order valence-electron chi connectivity index (χ0n) is 14.0. The van der Waals surface area contributed by atoms with Crippen LogP contribution in [0.5, 0.6) is 0 Å². The van der Waals surface area contributed by atoms with Crippen LogP contribution < -0.4 is 0 Å². The Bertz CT molecular complexity index is 474. The lowest BCUT2D eigenvalue weighted by Crippen LogP contribution is -2.27. The summed E-state index contributed by atoms with van der Waals surface area (Å²) < 4.78 is 28.4. The maximum Gasteiger partial charge on any atom is 0.196 e. The number of carbonyl (C=O) groups excluding carboxylic acids is 1. The van der Waals surface area contributed by atoms with Gasteiger partial charge in [-0.2, -0.15) is 0 Å². The first-order chi connectivity index (χ1) is 11.1. The Morgan fingerprint density at radius 3 is 2.61 bits per heavy atom. The number of halogens is 2. The van der Waals surface area contributed by atoms with Crippen LogP contribution in [-0.2, 0) is 0 Å². The lowest BCUT2D eigenvalue weighted by molar-refractivity contribution is 0.0812. The van der Waals surface area contributed by atoms with Crippen LogP contribution in [0, 0.1) is 11.8 Å². The van der Waals surface area contributed by atoms with E-state index < -0.39 is 18.1 Å². The maximum atomic E-state index is 14.3. The van der Waals surface area contributed by atoms with Crippen LogP contribution >= 0.6 is 0 Å². The molecule has 0 heterocycles. The van der Waals surface area contributed by atoms with Crippen molar-refractivity contribution >= 4 is 5.78 Å². The summed E-state index contributed by atoms with van der Waals surface area (Å²) in [6, 6.07) is 8.52. The zero-order valence-corrected chi connectivity index (χ0v) is 14.0. The molecule has 4 atom stereocenters. The van der Waals surface area contributed by atoms with Crippen LogP contribution in [0.1, 0.15) is 68.6 Å². The molecule has 1 fully saturated rings. The average molecular weight is 322 g/mol. The number of carbonyl (C=O) groups is 1. The molecule has 1 nitrogen and oxygen atoms in total. The Balaban J connectivity index is 1.76. The molecule has 2 unspecified atom stereocenters. The topological polar surface area (TPSA) is 17.1 Å². The third-order valence-corrected chi connectivity index (χ3v) is 5.12. The summed E-state index contributed by atoms with van der Waals surface area (Å²) in [7, 11) is 0. The number of ketones is 1. The van der Waals surface area contributed by atoms with Crippen molar-refractivity contribution in [3.05, 3.63) is 35.9 Å². The molecule has 1 saturated carbocycles. The van der Waals surface area contributed by atoms with E-state index in [1.807, 2.05) is 0 Å². The summed E-state index contributed by atoms with van der Waals surface area (Å²) in [5.41, 5.74) is 0.403. The minimum Gasteiger partial charge on any atom is -0.291 e. The molecule has 3 heteroatoms. The van der Waals surface area contributed by atoms with Gasteiger partial charge < -0.3 is 0 Å². The highest BCUT2D eigenvalue weighted by Crippen LogP contribution is 2.36. The summed E-state index contributed by atoms with van der Waals surface area (Å²) in [6.07, 6.45) is 4.21. The number of alkyl halides is 2. The third-order valence-electron chi connectivity index (χ3n) is 5.12. The molecule has 0 spiro atoms. The summed E-state index contributed by atoms with van der Waals surface area (Å²) in [4.78, 5) is 12.0. The van der Waals surface area contributed by atoms with Gasteiger partial charge in [0.1, 0.15) is 6.17 Å². The highest BCUT2D eigenvalue weighted by atomic mass is 19.1. The monoisotopic (exact) mass is 322 g/mol. The highest BCUT2D eigenvalue weighted by Gasteiger charge is 2.31. The van der Waals surface area contributed by atoms with Crippen molar-refractivity contribution in [1.29, 1.82) is 0 Å². The molecule has 1 aromatic carbocycles. The van der Waals surface area contributed by atoms with Crippen molar-refractivity contribution in [3.8, 4) is 0 Å². The molecule has 0 radical (unpaired) electrons. The normalized spacial score (nSPS) is 26.0. The van der Waals surface area contributed by atoms with Gasteiger partial charge in [-0.25, -0.2) is 8.78 Å². The molecule has 2 rings (SSSR count). The first-order valence-electron chi connectivity index (χ1n) is 8.99. The minimum atomic E-state index is -1.51. The van der Waals surface area contributed by atoms with Crippen LogP contribution in [0.15, 0.2) is 30.3 Å². The second-order valence-corrected chi connectivity index (χ2v) is 6.87. The van der Waals surface area contributed by atoms with Gasteiger partial charge in [-0.3, -0.25) is 4.79 Å². The largest absolute Gasteiger partial charge is 0.291 e. The second kappa shape index (κ2) is 9.14. The Hall–Kier alpha value is -1.25. The van der Waals surface area contributed by atoms with Crippen LogP contribution in [0.3, 0.4) is 0 Å².